The fourth-order valence-electron chi connectivity index (χ4n) is 2.84. The van der Waals surface area contributed by atoms with Gasteiger partial charge in [0.15, 0.2) is 0 Å². The third-order valence-corrected chi connectivity index (χ3v) is 7.10. The third-order valence-electron chi connectivity index (χ3n) is 3.95. The summed E-state index contributed by atoms with van der Waals surface area (Å²) in [5, 5.41) is 0. The molecule has 3 N–H and O–H groups in total. The number of rotatable bonds is 17. The highest BCUT2D eigenvalue weighted by Gasteiger charge is 2.39. The standard InChI is InChI=1S/C19H37N3O4Si/c1-4-24-27(25-5-2,26-6-3)17-11-10-15-22(18-21-23-16-14-20)19-12-8-7-9-13-19/h7-9,12-13,21H,4-6,10-11,14-18,20H2,1-3H3. The Morgan fingerprint density at radius 2 is 1.59 bits per heavy atom. The number of hydrogen-bond acceptors (Lipinski definition) is 7. The predicted octanol–water partition coefficient (Wildman–Crippen LogP) is 2.76. The summed E-state index contributed by atoms with van der Waals surface area (Å²) < 4.78 is 17.8. The summed E-state index contributed by atoms with van der Waals surface area (Å²) in [5.41, 5.74) is 9.60. The molecule has 0 atom stereocenters. The van der Waals surface area contributed by atoms with Crippen LogP contribution in [-0.4, -0.2) is 55.0 Å². The quantitative estimate of drug-likeness (QED) is 0.180. The first-order chi connectivity index (χ1) is 13.2. The molecule has 0 aromatic heterocycles. The van der Waals surface area contributed by atoms with Gasteiger partial charge in [0.05, 0.1) is 13.3 Å². The Hall–Kier alpha value is -1.00. The van der Waals surface area contributed by atoms with E-state index in [1.54, 1.807) is 0 Å². The second kappa shape index (κ2) is 15.0. The Labute approximate surface area is 165 Å². The minimum absolute atomic E-state index is 0.494. The number of unbranched alkanes of at least 4 members (excludes halogenated alkanes) is 1. The molecule has 1 aromatic carbocycles. The van der Waals surface area contributed by atoms with E-state index in [1.165, 1.54) is 0 Å². The van der Waals surface area contributed by atoms with Gasteiger partial charge in [0.25, 0.3) is 0 Å². The molecule has 8 heteroatoms. The van der Waals surface area contributed by atoms with Crippen molar-refractivity contribution in [2.75, 3.05) is 51.1 Å². The Bertz CT molecular complexity index is 451. The van der Waals surface area contributed by atoms with Crippen molar-refractivity contribution in [1.82, 2.24) is 5.48 Å². The van der Waals surface area contributed by atoms with Crippen molar-refractivity contribution in [3.05, 3.63) is 30.3 Å². The number of hydrogen-bond donors (Lipinski definition) is 2. The van der Waals surface area contributed by atoms with Crippen molar-refractivity contribution in [3.63, 3.8) is 0 Å². The highest BCUT2D eigenvalue weighted by molar-refractivity contribution is 6.60. The van der Waals surface area contributed by atoms with E-state index >= 15 is 0 Å². The Balaban J connectivity index is 2.55. The van der Waals surface area contributed by atoms with Crippen LogP contribution < -0.4 is 16.1 Å². The molecule has 0 aliphatic heterocycles. The van der Waals surface area contributed by atoms with Crippen LogP contribution in [0.25, 0.3) is 0 Å². The average Bonchev–Trinajstić information content (AvgIpc) is 2.68. The maximum absolute atomic E-state index is 5.93. The lowest BCUT2D eigenvalue weighted by molar-refractivity contribution is 0.0469. The van der Waals surface area contributed by atoms with Crippen molar-refractivity contribution in [2.24, 2.45) is 5.73 Å². The minimum Gasteiger partial charge on any atom is -0.374 e. The van der Waals surface area contributed by atoms with Crippen molar-refractivity contribution >= 4 is 14.5 Å². The molecule has 1 rings (SSSR count). The highest BCUT2D eigenvalue weighted by Crippen LogP contribution is 2.20. The van der Waals surface area contributed by atoms with Gasteiger partial charge in [-0.15, -0.1) is 0 Å². The van der Waals surface area contributed by atoms with Gasteiger partial charge >= 0.3 is 8.80 Å². The molecule has 0 spiro atoms. The summed E-state index contributed by atoms with van der Waals surface area (Å²) in [6, 6.07) is 11.1. The van der Waals surface area contributed by atoms with E-state index in [-0.39, 0.29) is 0 Å². The summed E-state index contributed by atoms with van der Waals surface area (Å²) in [4.78, 5) is 7.57. The zero-order chi connectivity index (χ0) is 19.8. The van der Waals surface area contributed by atoms with Gasteiger partial charge in [0.1, 0.15) is 0 Å². The molecule has 0 saturated carbocycles. The zero-order valence-corrected chi connectivity index (χ0v) is 18.1. The van der Waals surface area contributed by atoms with Gasteiger partial charge in [-0.2, -0.15) is 5.48 Å². The molecule has 0 fully saturated rings. The van der Waals surface area contributed by atoms with Crippen LogP contribution in [0, 0.1) is 0 Å². The lowest BCUT2D eigenvalue weighted by atomic mass is 10.2. The van der Waals surface area contributed by atoms with E-state index in [9.17, 15) is 0 Å². The second-order valence-corrected chi connectivity index (χ2v) is 8.71. The molecule has 1 aromatic rings. The van der Waals surface area contributed by atoms with Gasteiger partial charge in [-0.25, -0.2) is 0 Å². The molecule has 7 nitrogen and oxygen atoms in total. The van der Waals surface area contributed by atoms with Crippen LogP contribution in [0.15, 0.2) is 30.3 Å². The average molecular weight is 400 g/mol. The summed E-state index contributed by atoms with van der Waals surface area (Å²) in [6.45, 7) is 10.3. The fraction of sp³-hybridized carbons (Fsp3) is 0.684. The summed E-state index contributed by atoms with van der Waals surface area (Å²) in [6.07, 6.45) is 1.99. The number of hydroxylamine groups is 1. The van der Waals surface area contributed by atoms with E-state index < -0.39 is 8.80 Å². The van der Waals surface area contributed by atoms with E-state index in [1.807, 2.05) is 39.0 Å². The van der Waals surface area contributed by atoms with Crippen molar-refractivity contribution < 1.29 is 18.1 Å². The van der Waals surface area contributed by atoms with Crippen LogP contribution in [0.2, 0.25) is 6.04 Å². The molecular formula is C19H37N3O4Si. The van der Waals surface area contributed by atoms with E-state index in [4.69, 9.17) is 23.8 Å². The third kappa shape index (κ3) is 9.66. The maximum Gasteiger partial charge on any atom is 0.500 e. The van der Waals surface area contributed by atoms with Crippen molar-refractivity contribution in [2.45, 2.75) is 39.7 Å². The van der Waals surface area contributed by atoms with E-state index in [2.05, 4.69) is 22.5 Å². The molecule has 0 saturated heterocycles. The molecule has 27 heavy (non-hydrogen) atoms. The number of nitrogens with one attached hydrogen (secondary N) is 1. The van der Waals surface area contributed by atoms with Crippen LogP contribution in [0.5, 0.6) is 0 Å². The van der Waals surface area contributed by atoms with E-state index in [0.29, 0.717) is 39.6 Å². The second-order valence-electron chi connectivity index (χ2n) is 5.98. The van der Waals surface area contributed by atoms with Crippen LogP contribution in [-0.2, 0) is 18.1 Å². The van der Waals surface area contributed by atoms with Crippen molar-refractivity contribution in [3.8, 4) is 0 Å². The number of anilines is 1. The lowest BCUT2D eigenvalue weighted by Gasteiger charge is -2.29. The normalized spacial score (nSPS) is 11.7. The molecule has 156 valence electrons. The lowest BCUT2D eigenvalue weighted by Crippen LogP contribution is -2.46. The van der Waals surface area contributed by atoms with Gasteiger partial charge < -0.3 is 23.9 Å². The van der Waals surface area contributed by atoms with Crippen LogP contribution in [0.3, 0.4) is 0 Å². The Kier molecular flexibility index (Phi) is 13.3. The van der Waals surface area contributed by atoms with Gasteiger partial charge in [-0.3, -0.25) is 4.84 Å². The smallest absolute Gasteiger partial charge is 0.374 e. The van der Waals surface area contributed by atoms with Crippen LogP contribution in [0.4, 0.5) is 5.69 Å². The zero-order valence-electron chi connectivity index (χ0n) is 17.1. The Morgan fingerprint density at radius 3 is 2.15 bits per heavy atom. The molecule has 0 unspecified atom stereocenters. The molecule has 0 heterocycles. The number of nitrogens with zero attached hydrogens (tertiary/aromatic N) is 1. The number of para-hydroxylation sites is 1. The first-order valence-electron chi connectivity index (χ1n) is 9.97. The molecule has 0 amide bonds. The first-order valence-corrected chi connectivity index (χ1v) is 11.9. The predicted molar refractivity (Wildman–Crippen MR) is 111 cm³/mol. The summed E-state index contributed by atoms with van der Waals surface area (Å²) in [7, 11) is -2.56. The SMILES string of the molecule is CCO[Si](CCCCN(CNOCCN)c1ccccc1)(OCC)OCC. The fourth-order valence-corrected chi connectivity index (χ4v) is 5.52. The maximum atomic E-state index is 5.93. The number of benzene rings is 1. The van der Waals surface area contributed by atoms with Gasteiger partial charge in [0.2, 0.25) is 0 Å². The Morgan fingerprint density at radius 1 is 0.963 bits per heavy atom. The van der Waals surface area contributed by atoms with Crippen LogP contribution in [0.1, 0.15) is 33.6 Å². The molecule has 0 aliphatic rings. The van der Waals surface area contributed by atoms with E-state index in [0.717, 1.165) is 31.1 Å². The molecule has 0 aliphatic carbocycles. The van der Waals surface area contributed by atoms with Crippen LogP contribution >= 0.6 is 0 Å². The van der Waals surface area contributed by atoms with Gasteiger partial charge in [0, 0.05) is 44.6 Å². The first kappa shape index (κ1) is 24.0. The number of nitrogens with two attached hydrogens (primary N) is 1. The monoisotopic (exact) mass is 399 g/mol. The summed E-state index contributed by atoms with van der Waals surface area (Å²) in [5.74, 6) is 0. The summed E-state index contributed by atoms with van der Waals surface area (Å²) >= 11 is 0. The van der Waals surface area contributed by atoms with Gasteiger partial charge in [-0.1, -0.05) is 18.2 Å². The molecule has 0 radical (unpaired) electrons. The van der Waals surface area contributed by atoms with Crippen molar-refractivity contribution in [1.29, 1.82) is 0 Å². The van der Waals surface area contributed by atoms with Gasteiger partial charge in [-0.05, 0) is 45.7 Å². The molecular weight excluding hydrogens is 362 g/mol. The minimum atomic E-state index is -2.56. The highest BCUT2D eigenvalue weighted by atomic mass is 28.4. The largest absolute Gasteiger partial charge is 0.500 e. The topological polar surface area (TPSA) is 78.2 Å². The molecule has 0 bridgehead atoms.